The Morgan fingerprint density at radius 2 is 2.00 bits per heavy atom. The lowest BCUT2D eigenvalue weighted by Gasteiger charge is -2.37. The summed E-state index contributed by atoms with van der Waals surface area (Å²) >= 11 is 0. The molecule has 1 aliphatic carbocycles. The average molecular weight is 228 g/mol. The van der Waals surface area contributed by atoms with Crippen molar-refractivity contribution in [3.8, 4) is 0 Å². The summed E-state index contributed by atoms with van der Waals surface area (Å²) in [5.74, 6) is 7.19. The third kappa shape index (κ3) is 4.81. The second-order valence-electron chi connectivity index (χ2n) is 5.49. The Labute approximate surface area is 100 Å². The van der Waals surface area contributed by atoms with E-state index >= 15 is 0 Å². The topological polar surface area (TPSA) is 47.3 Å². The fourth-order valence-electron chi connectivity index (χ4n) is 2.44. The predicted molar refractivity (Wildman–Crippen MR) is 67.9 cm³/mol. The Morgan fingerprint density at radius 1 is 1.31 bits per heavy atom. The van der Waals surface area contributed by atoms with Gasteiger partial charge in [0.15, 0.2) is 0 Å². The molecular formula is C13H28N2O. The molecule has 0 aliphatic heterocycles. The van der Waals surface area contributed by atoms with Crippen LogP contribution in [0.1, 0.15) is 52.9 Å². The summed E-state index contributed by atoms with van der Waals surface area (Å²) < 4.78 is 5.57. The Morgan fingerprint density at radius 3 is 2.50 bits per heavy atom. The van der Waals surface area contributed by atoms with Crippen molar-refractivity contribution >= 4 is 0 Å². The first kappa shape index (κ1) is 13.9. The third-order valence-corrected chi connectivity index (χ3v) is 3.54. The van der Waals surface area contributed by atoms with Crippen molar-refractivity contribution in [2.24, 2.45) is 17.7 Å². The summed E-state index contributed by atoms with van der Waals surface area (Å²) in [6.07, 6.45) is 6.66. The zero-order valence-electron chi connectivity index (χ0n) is 11.0. The summed E-state index contributed by atoms with van der Waals surface area (Å²) in [4.78, 5) is 0. The molecule has 3 heteroatoms. The van der Waals surface area contributed by atoms with Gasteiger partial charge < -0.3 is 4.74 Å². The van der Waals surface area contributed by atoms with Gasteiger partial charge in [0.25, 0.3) is 0 Å². The van der Waals surface area contributed by atoms with E-state index in [1.807, 2.05) is 0 Å². The van der Waals surface area contributed by atoms with Crippen LogP contribution >= 0.6 is 0 Å². The number of hydrogen-bond acceptors (Lipinski definition) is 3. The maximum absolute atomic E-state index is 5.60. The van der Waals surface area contributed by atoms with E-state index in [0.29, 0.717) is 12.1 Å². The summed E-state index contributed by atoms with van der Waals surface area (Å²) in [5.41, 5.74) is 2.96. The zero-order chi connectivity index (χ0) is 12.0. The number of nitrogens with one attached hydrogen (secondary N) is 1. The van der Waals surface area contributed by atoms with Crippen LogP contribution in [0.3, 0.4) is 0 Å². The third-order valence-electron chi connectivity index (χ3n) is 3.54. The highest BCUT2D eigenvalue weighted by atomic mass is 16.5. The molecule has 0 aromatic carbocycles. The Bertz CT molecular complexity index is 179. The quantitative estimate of drug-likeness (QED) is 0.495. The molecule has 0 aromatic rings. The number of hydrazine groups is 1. The molecule has 3 nitrogen and oxygen atoms in total. The minimum absolute atomic E-state index is 0.495. The summed E-state index contributed by atoms with van der Waals surface area (Å²) in [5, 5.41) is 0. The first-order valence-electron chi connectivity index (χ1n) is 6.73. The Kier molecular flexibility index (Phi) is 6.32. The van der Waals surface area contributed by atoms with Gasteiger partial charge >= 0.3 is 0 Å². The highest BCUT2D eigenvalue weighted by molar-refractivity contribution is 4.83. The maximum Gasteiger partial charge on any atom is 0.0580 e. The van der Waals surface area contributed by atoms with E-state index < -0.39 is 0 Å². The van der Waals surface area contributed by atoms with E-state index in [0.717, 1.165) is 18.4 Å². The van der Waals surface area contributed by atoms with Crippen molar-refractivity contribution in [1.29, 1.82) is 0 Å². The van der Waals surface area contributed by atoms with Crippen molar-refractivity contribution < 1.29 is 4.74 Å². The van der Waals surface area contributed by atoms with Crippen LogP contribution in [0, 0.1) is 11.8 Å². The van der Waals surface area contributed by atoms with Gasteiger partial charge in [0, 0.05) is 12.6 Å². The maximum atomic E-state index is 5.60. The van der Waals surface area contributed by atoms with Gasteiger partial charge in [-0.15, -0.1) is 0 Å². The summed E-state index contributed by atoms with van der Waals surface area (Å²) in [6, 6.07) is 0.495. The van der Waals surface area contributed by atoms with Crippen molar-refractivity contribution in [2.75, 3.05) is 6.61 Å². The van der Waals surface area contributed by atoms with Gasteiger partial charge in [-0.25, -0.2) is 0 Å². The highest BCUT2D eigenvalue weighted by Gasteiger charge is 2.30. The molecule has 1 rings (SSSR count). The lowest BCUT2D eigenvalue weighted by molar-refractivity contribution is -0.0293. The van der Waals surface area contributed by atoms with Gasteiger partial charge in [-0.1, -0.05) is 13.8 Å². The van der Waals surface area contributed by atoms with Crippen LogP contribution in [-0.2, 0) is 4.74 Å². The first-order valence-corrected chi connectivity index (χ1v) is 6.73. The molecule has 1 atom stereocenters. The SMILES string of the molecule is CCOC1CC(CC(CCC(C)C)NN)C1. The van der Waals surface area contributed by atoms with Crippen LogP contribution in [0.2, 0.25) is 0 Å². The second kappa shape index (κ2) is 7.25. The lowest BCUT2D eigenvalue weighted by atomic mass is 9.77. The van der Waals surface area contributed by atoms with Gasteiger partial charge in [0.05, 0.1) is 6.10 Å². The van der Waals surface area contributed by atoms with Gasteiger partial charge in [-0.2, -0.15) is 0 Å². The Balaban J connectivity index is 2.10. The molecule has 0 radical (unpaired) electrons. The van der Waals surface area contributed by atoms with Crippen molar-refractivity contribution in [1.82, 2.24) is 5.43 Å². The first-order chi connectivity index (χ1) is 7.65. The molecule has 16 heavy (non-hydrogen) atoms. The number of rotatable bonds is 8. The lowest BCUT2D eigenvalue weighted by Crippen LogP contribution is -2.41. The molecule has 96 valence electrons. The van der Waals surface area contributed by atoms with E-state index in [2.05, 4.69) is 26.2 Å². The van der Waals surface area contributed by atoms with Crippen LogP contribution in [0.4, 0.5) is 0 Å². The molecule has 0 bridgehead atoms. The van der Waals surface area contributed by atoms with Crippen LogP contribution in [0.15, 0.2) is 0 Å². The molecule has 0 aromatic heterocycles. The molecule has 1 fully saturated rings. The molecule has 0 saturated heterocycles. The molecule has 0 spiro atoms. The zero-order valence-corrected chi connectivity index (χ0v) is 11.0. The highest BCUT2D eigenvalue weighted by Crippen LogP contribution is 2.34. The van der Waals surface area contributed by atoms with Crippen LogP contribution in [0.25, 0.3) is 0 Å². The van der Waals surface area contributed by atoms with E-state index in [1.54, 1.807) is 0 Å². The molecular weight excluding hydrogens is 200 g/mol. The largest absolute Gasteiger partial charge is 0.378 e. The van der Waals surface area contributed by atoms with Gasteiger partial charge in [0.2, 0.25) is 0 Å². The van der Waals surface area contributed by atoms with Gasteiger partial charge in [0.1, 0.15) is 0 Å². The molecule has 3 N–H and O–H groups in total. The smallest absolute Gasteiger partial charge is 0.0580 e. The molecule has 0 heterocycles. The summed E-state index contributed by atoms with van der Waals surface area (Å²) in [6.45, 7) is 7.45. The van der Waals surface area contributed by atoms with Crippen molar-refractivity contribution in [2.45, 2.75) is 65.0 Å². The van der Waals surface area contributed by atoms with Gasteiger partial charge in [-0.3, -0.25) is 11.3 Å². The van der Waals surface area contributed by atoms with E-state index in [9.17, 15) is 0 Å². The molecule has 1 unspecified atom stereocenters. The molecule has 0 amide bonds. The minimum atomic E-state index is 0.495. The van der Waals surface area contributed by atoms with Gasteiger partial charge in [-0.05, 0) is 50.9 Å². The standard InChI is InChI=1S/C13H28N2O/c1-4-16-13-8-11(9-13)7-12(15-14)6-5-10(2)3/h10-13,15H,4-9,14H2,1-3H3. The van der Waals surface area contributed by atoms with Crippen molar-refractivity contribution in [3.05, 3.63) is 0 Å². The molecule has 1 aliphatic rings. The average Bonchev–Trinajstić information content (AvgIpc) is 2.19. The van der Waals surface area contributed by atoms with E-state index in [1.165, 1.54) is 32.1 Å². The normalized spacial score (nSPS) is 26.8. The van der Waals surface area contributed by atoms with Crippen LogP contribution < -0.4 is 11.3 Å². The summed E-state index contributed by atoms with van der Waals surface area (Å²) in [7, 11) is 0. The predicted octanol–water partition coefficient (Wildman–Crippen LogP) is 2.46. The fourth-order valence-corrected chi connectivity index (χ4v) is 2.44. The minimum Gasteiger partial charge on any atom is -0.378 e. The number of hydrogen-bond donors (Lipinski definition) is 2. The van der Waals surface area contributed by atoms with Crippen LogP contribution in [-0.4, -0.2) is 18.8 Å². The number of nitrogens with two attached hydrogens (primary N) is 1. The number of ether oxygens (including phenoxy) is 1. The van der Waals surface area contributed by atoms with Crippen molar-refractivity contribution in [3.63, 3.8) is 0 Å². The molecule has 1 saturated carbocycles. The van der Waals surface area contributed by atoms with E-state index in [-0.39, 0.29) is 0 Å². The monoisotopic (exact) mass is 228 g/mol. The second-order valence-corrected chi connectivity index (χ2v) is 5.49. The Hall–Kier alpha value is -0.120. The van der Waals surface area contributed by atoms with Crippen LogP contribution in [0.5, 0.6) is 0 Å². The van der Waals surface area contributed by atoms with E-state index in [4.69, 9.17) is 10.6 Å². The fraction of sp³-hybridized carbons (Fsp3) is 1.00.